The van der Waals surface area contributed by atoms with Crippen molar-refractivity contribution < 1.29 is 0 Å². The SMILES string of the molecule is CCC(C)(C)NC(C)(C)I. The van der Waals surface area contributed by atoms with Crippen molar-refractivity contribution in [3.63, 3.8) is 0 Å². The molecule has 62 valence electrons. The second-order valence-electron chi connectivity index (χ2n) is 3.83. The molecule has 0 fully saturated rings. The third-order valence-electron chi connectivity index (χ3n) is 1.52. The quantitative estimate of drug-likeness (QED) is 0.464. The Labute approximate surface area is 78.1 Å². The van der Waals surface area contributed by atoms with Crippen LogP contribution in [-0.2, 0) is 0 Å². The Hall–Kier alpha value is 0.690. The van der Waals surface area contributed by atoms with Gasteiger partial charge in [0, 0.05) is 5.54 Å². The highest BCUT2D eigenvalue weighted by Crippen LogP contribution is 2.19. The lowest BCUT2D eigenvalue weighted by Crippen LogP contribution is -2.48. The minimum atomic E-state index is 0.206. The molecule has 0 aromatic carbocycles. The maximum Gasteiger partial charge on any atom is 0.0652 e. The number of rotatable bonds is 3. The van der Waals surface area contributed by atoms with Crippen molar-refractivity contribution in [3.05, 3.63) is 0 Å². The van der Waals surface area contributed by atoms with Gasteiger partial charge in [0.2, 0.25) is 0 Å². The summed E-state index contributed by atoms with van der Waals surface area (Å²) in [4.78, 5) is 0. The van der Waals surface area contributed by atoms with Crippen molar-refractivity contribution in [3.8, 4) is 0 Å². The zero-order chi connectivity index (χ0) is 8.41. The Kier molecular flexibility index (Phi) is 3.62. The van der Waals surface area contributed by atoms with Crippen LogP contribution < -0.4 is 5.32 Å². The van der Waals surface area contributed by atoms with Crippen LogP contribution in [0.3, 0.4) is 0 Å². The molecule has 1 N–H and O–H groups in total. The highest BCUT2D eigenvalue weighted by atomic mass is 127. The average Bonchev–Trinajstić information content (AvgIpc) is 1.60. The Morgan fingerprint density at radius 3 is 1.70 bits per heavy atom. The Bertz CT molecular complexity index is 102. The van der Waals surface area contributed by atoms with Gasteiger partial charge in [-0.15, -0.1) is 0 Å². The molecule has 1 nitrogen and oxygen atoms in total. The molecule has 0 amide bonds. The summed E-state index contributed by atoms with van der Waals surface area (Å²) in [5, 5.41) is 3.53. The van der Waals surface area contributed by atoms with E-state index in [4.69, 9.17) is 0 Å². The summed E-state index contributed by atoms with van der Waals surface area (Å²) in [5.41, 5.74) is 0.269. The zero-order valence-electron chi connectivity index (χ0n) is 7.59. The first kappa shape index (κ1) is 10.7. The average molecular weight is 255 g/mol. The largest absolute Gasteiger partial charge is 0.298 e. The summed E-state index contributed by atoms with van der Waals surface area (Å²) >= 11 is 2.41. The molecule has 10 heavy (non-hydrogen) atoms. The number of alkyl halides is 1. The molecule has 0 aromatic rings. The monoisotopic (exact) mass is 255 g/mol. The first-order valence-corrected chi connectivity index (χ1v) is 4.83. The van der Waals surface area contributed by atoms with Gasteiger partial charge in [-0.1, -0.05) is 29.5 Å². The summed E-state index contributed by atoms with van der Waals surface area (Å²) in [7, 11) is 0. The molecule has 0 aliphatic rings. The van der Waals surface area contributed by atoms with Gasteiger partial charge in [-0.2, -0.15) is 0 Å². The van der Waals surface area contributed by atoms with Crippen molar-refractivity contribution in [1.82, 2.24) is 5.32 Å². The van der Waals surface area contributed by atoms with Crippen LogP contribution in [0.1, 0.15) is 41.0 Å². The van der Waals surface area contributed by atoms with Gasteiger partial charge in [0.25, 0.3) is 0 Å². The summed E-state index contributed by atoms with van der Waals surface area (Å²) in [6.45, 7) is 11.0. The van der Waals surface area contributed by atoms with Gasteiger partial charge in [-0.3, -0.25) is 5.32 Å². The third-order valence-corrected chi connectivity index (χ3v) is 1.79. The Morgan fingerprint density at radius 1 is 1.20 bits per heavy atom. The molecule has 0 rings (SSSR count). The minimum Gasteiger partial charge on any atom is -0.298 e. The molecule has 0 bridgehead atoms. The van der Waals surface area contributed by atoms with Gasteiger partial charge in [0.1, 0.15) is 0 Å². The third kappa shape index (κ3) is 5.47. The zero-order valence-corrected chi connectivity index (χ0v) is 9.74. The summed E-state index contributed by atoms with van der Waals surface area (Å²) in [5.74, 6) is 0. The molecule has 0 aliphatic carbocycles. The predicted molar refractivity (Wildman–Crippen MR) is 55.6 cm³/mol. The molecule has 0 spiro atoms. The molecule has 0 saturated carbocycles. The van der Waals surface area contributed by atoms with Crippen molar-refractivity contribution in [2.45, 2.75) is 50.1 Å². The standard InChI is InChI=1S/C8H18IN/c1-6-7(2,3)10-8(4,5)9/h10H,6H2,1-5H3. The highest BCUT2D eigenvalue weighted by molar-refractivity contribution is 14.1. The van der Waals surface area contributed by atoms with E-state index in [9.17, 15) is 0 Å². The normalized spacial score (nSPS) is 13.8. The molecule has 0 unspecified atom stereocenters. The van der Waals surface area contributed by atoms with Crippen molar-refractivity contribution in [2.75, 3.05) is 0 Å². The van der Waals surface area contributed by atoms with Gasteiger partial charge in [0.15, 0.2) is 0 Å². The maximum absolute atomic E-state index is 3.53. The second kappa shape index (κ2) is 3.39. The molecular weight excluding hydrogens is 237 g/mol. The van der Waals surface area contributed by atoms with E-state index in [2.05, 4.69) is 62.5 Å². The van der Waals surface area contributed by atoms with Crippen LogP contribution in [0.15, 0.2) is 0 Å². The fourth-order valence-corrected chi connectivity index (χ4v) is 1.62. The van der Waals surface area contributed by atoms with Gasteiger partial charge in [-0.05, 0) is 34.1 Å². The van der Waals surface area contributed by atoms with Crippen LogP contribution in [0.2, 0.25) is 0 Å². The Morgan fingerprint density at radius 2 is 1.60 bits per heavy atom. The summed E-state index contributed by atoms with van der Waals surface area (Å²) in [6.07, 6.45) is 1.17. The van der Waals surface area contributed by atoms with Crippen LogP contribution in [0.4, 0.5) is 0 Å². The summed E-state index contributed by atoms with van der Waals surface area (Å²) < 4.78 is 0.206. The lowest BCUT2D eigenvalue weighted by molar-refractivity contribution is 0.336. The van der Waals surface area contributed by atoms with Gasteiger partial charge >= 0.3 is 0 Å². The van der Waals surface area contributed by atoms with E-state index in [1.807, 2.05) is 0 Å². The van der Waals surface area contributed by atoms with Gasteiger partial charge in [0.05, 0.1) is 3.55 Å². The van der Waals surface area contributed by atoms with E-state index >= 15 is 0 Å². The van der Waals surface area contributed by atoms with Crippen molar-refractivity contribution >= 4 is 22.6 Å². The lowest BCUT2D eigenvalue weighted by atomic mass is 10.0. The van der Waals surface area contributed by atoms with Crippen LogP contribution in [0.25, 0.3) is 0 Å². The highest BCUT2D eigenvalue weighted by Gasteiger charge is 2.22. The maximum atomic E-state index is 3.53. The fourth-order valence-electron chi connectivity index (χ4n) is 0.893. The topological polar surface area (TPSA) is 12.0 Å². The Balaban J connectivity index is 3.89. The van der Waals surface area contributed by atoms with Crippen LogP contribution in [-0.4, -0.2) is 9.08 Å². The van der Waals surface area contributed by atoms with E-state index in [0.717, 1.165) is 0 Å². The van der Waals surface area contributed by atoms with E-state index < -0.39 is 0 Å². The molecule has 2 heteroatoms. The number of nitrogens with one attached hydrogen (secondary N) is 1. The van der Waals surface area contributed by atoms with Gasteiger partial charge < -0.3 is 0 Å². The second-order valence-corrected chi connectivity index (χ2v) is 6.53. The minimum absolute atomic E-state index is 0.206. The van der Waals surface area contributed by atoms with Gasteiger partial charge in [-0.25, -0.2) is 0 Å². The van der Waals surface area contributed by atoms with Crippen LogP contribution in [0, 0.1) is 0 Å². The van der Waals surface area contributed by atoms with E-state index in [1.165, 1.54) is 6.42 Å². The van der Waals surface area contributed by atoms with E-state index in [1.54, 1.807) is 0 Å². The summed E-state index contributed by atoms with van der Waals surface area (Å²) in [6, 6.07) is 0. The van der Waals surface area contributed by atoms with E-state index in [-0.39, 0.29) is 9.08 Å². The molecule has 0 heterocycles. The molecule has 0 atom stereocenters. The number of hydrogen-bond acceptors (Lipinski definition) is 1. The molecule has 0 radical (unpaired) electrons. The fraction of sp³-hybridized carbons (Fsp3) is 1.00. The van der Waals surface area contributed by atoms with Crippen molar-refractivity contribution in [2.24, 2.45) is 0 Å². The lowest BCUT2D eigenvalue weighted by Gasteiger charge is -2.32. The smallest absolute Gasteiger partial charge is 0.0652 e. The molecule has 0 saturated heterocycles. The predicted octanol–water partition coefficient (Wildman–Crippen LogP) is 2.94. The van der Waals surface area contributed by atoms with Crippen LogP contribution in [0.5, 0.6) is 0 Å². The van der Waals surface area contributed by atoms with Crippen molar-refractivity contribution in [1.29, 1.82) is 0 Å². The van der Waals surface area contributed by atoms with Crippen LogP contribution >= 0.6 is 22.6 Å². The molecule has 0 aromatic heterocycles. The van der Waals surface area contributed by atoms with E-state index in [0.29, 0.717) is 0 Å². The molecule has 0 aliphatic heterocycles. The number of hydrogen-bond donors (Lipinski definition) is 1. The number of halogens is 1. The first-order valence-electron chi connectivity index (χ1n) is 3.75. The molecular formula is C8H18IN. The first-order chi connectivity index (χ1) is 4.27.